The van der Waals surface area contributed by atoms with Crippen LogP contribution in [0, 0.1) is 5.41 Å². The van der Waals surface area contributed by atoms with Gasteiger partial charge in [-0.25, -0.2) is 0 Å². The molecule has 1 heterocycles. The molecular formula is C14H27NO2. The Balaban J connectivity index is 2.23. The highest BCUT2D eigenvalue weighted by atomic mass is 16.4. The average molecular weight is 241 g/mol. The lowest BCUT2D eigenvalue weighted by Crippen LogP contribution is -2.42. The van der Waals surface area contributed by atoms with Crippen LogP contribution in [0.2, 0.25) is 0 Å². The van der Waals surface area contributed by atoms with Crippen molar-refractivity contribution in [3.05, 3.63) is 0 Å². The molecule has 17 heavy (non-hydrogen) atoms. The van der Waals surface area contributed by atoms with Crippen LogP contribution >= 0.6 is 0 Å². The summed E-state index contributed by atoms with van der Waals surface area (Å²) in [6.07, 6.45) is 9.90. The van der Waals surface area contributed by atoms with Crippen molar-refractivity contribution in [1.82, 2.24) is 5.32 Å². The molecule has 0 unspecified atom stereocenters. The molecule has 0 radical (unpaired) electrons. The van der Waals surface area contributed by atoms with Crippen LogP contribution in [-0.2, 0) is 4.79 Å². The first-order valence-electron chi connectivity index (χ1n) is 7.15. The van der Waals surface area contributed by atoms with Gasteiger partial charge in [-0.3, -0.25) is 4.79 Å². The zero-order chi connectivity index (χ0) is 12.6. The van der Waals surface area contributed by atoms with E-state index in [9.17, 15) is 9.90 Å². The van der Waals surface area contributed by atoms with Gasteiger partial charge in [0.25, 0.3) is 0 Å². The van der Waals surface area contributed by atoms with E-state index in [1.54, 1.807) is 0 Å². The number of unbranched alkanes of at least 4 members (excludes halogenated alkanes) is 5. The topological polar surface area (TPSA) is 49.3 Å². The van der Waals surface area contributed by atoms with Gasteiger partial charge in [-0.1, -0.05) is 45.4 Å². The molecule has 0 amide bonds. The summed E-state index contributed by atoms with van der Waals surface area (Å²) in [7, 11) is 0. The molecule has 0 aromatic carbocycles. The fraction of sp³-hybridized carbons (Fsp3) is 0.929. The third-order valence-corrected chi connectivity index (χ3v) is 4.02. The highest BCUT2D eigenvalue weighted by Crippen LogP contribution is 2.35. The van der Waals surface area contributed by atoms with Crippen LogP contribution in [0.15, 0.2) is 0 Å². The largest absolute Gasteiger partial charge is 0.481 e. The molecule has 1 aliphatic heterocycles. The number of piperidine rings is 1. The quantitative estimate of drug-likeness (QED) is 0.642. The molecular weight excluding hydrogens is 214 g/mol. The van der Waals surface area contributed by atoms with Gasteiger partial charge in [0.15, 0.2) is 0 Å². The van der Waals surface area contributed by atoms with Crippen molar-refractivity contribution in [1.29, 1.82) is 0 Å². The fourth-order valence-electron chi connectivity index (χ4n) is 2.72. The van der Waals surface area contributed by atoms with Gasteiger partial charge in [0, 0.05) is 0 Å². The summed E-state index contributed by atoms with van der Waals surface area (Å²) >= 11 is 0. The molecule has 0 aromatic rings. The third kappa shape index (κ3) is 4.66. The summed E-state index contributed by atoms with van der Waals surface area (Å²) in [5.74, 6) is -0.576. The molecule has 0 bridgehead atoms. The number of hydrogen-bond donors (Lipinski definition) is 2. The SMILES string of the molecule is CCCCCCCCC1(C(=O)O)CCNCC1. The number of hydrogen-bond acceptors (Lipinski definition) is 2. The Kier molecular flexibility index (Phi) is 6.56. The predicted octanol–water partition coefficient (Wildman–Crippen LogP) is 3.19. The van der Waals surface area contributed by atoms with Crippen molar-refractivity contribution < 1.29 is 9.90 Å². The molecule has 0 spiro atoms. The minimum atomic E-state index is -0.576. The first kappa shape index (κ1) is 14.5. The number of nitrogens with one attached hydrogen (secondary N) is 1. The zero-order valence-corrected chi connectivity index (χ0v) is 11.1. The molecule has 2 N–H and O–H groups in total. The predicted molar refractivity (Wildman–Crippen MR) is 70.2 cm³/mol. The van der Waals surface area contributed by atoms with E-state index >= 15 is 0 Å². The van der Waals surface area contributed by atoms with Crippen molar-refractivity contribution in [3.63, 3.8) is 0 Å². The Morgan fingerprint density at radius 3 is 2.29 bits per heavy atom. The van der Waals surface area contributed by atoms with Crippen molar-refractivity contribution in [2.24, 2.45) is 5.41 Å². The molecule has 1 aliphatic rings. The number of carbonyl (C=O) groups is 1. The van der Waals surface area contributed by atoms with E-state index in [1.165, 1.54) is 32.1 Å². The Hall–Kier alpha value is -0.570. The van der Waals surface area contributed by atoms with Gasteiger partial charge in [-0.2, -0.15) is 0 Å². The minimum Gasteiger partial charge on any atom is -0.481 e. The van der Waals surface area contributed by atoms with Crippen LogP contribution in [0.25, 0.3) is 0 Å². The second-order valence-electron chi connectivity index (χ2n) is 5.35. The summed E-state index contributed by atoms with van der Waals surface area (Å²) in [5, 5.41) is 12.7. The monoisotopic (exact) mass is 241 g/mol. The second kappa shape index (κ2) is 7.70. The van der Waals surface area contributed by atoms with Crippen molar-refractivity contribution in [3.8, 4) is 0 Å². The molecule has 3 heteroatoms. The normalized spacial score (nSPS) is 19.1. The highest BCUT2D eigenvalue weighted by molar-refractivity contribution is 5.74. The van der Waals surface area contributed by atoms with Gasteiger partial charge < -0.3 is 10.4 Å². The standard InChI is InChI=1S/C14H27NO2/c1-2-3-4-5-6-7-8-14(13(16)17)9-11-15-12-10-14/h15H,2-12H2,1H3,(H,16,17). The highest BCUT2D eigenvalue weighted by Gasteiger charge is 2.38. The van der Waals surface area contributed by atoms with Crippen LogP contribution in [0.1, 0.15) is 64.7 Å². The van der Waals surface area contributed by atoms with Crippen LogP contribution in [0.3, 0.4) is 0 Å². The van der Waals surface area contributed by atoms with E-state index in [0.717, 1.165) is 38.8 Å². The second-order valence-corrected chi connectivity index (χ2v) is 5.35. The number of carboxylic acid groups (broad SMARTS) is 1. The zero-order valence-electron chi connectivity index (χ0n) is 11.1. The van der Waals surface area contributed by atoms with E-state index < -0.39 is 11.4 Å². The van der Waals surface area contributed by atoms with E-state index in [-0.39, 0.29) is 0 Å². The van der Waals surface area contributed by atoms with Crippen molar-refractivity contribution in [2.75, 3.05) is 13.1 Å². The van der Waals surface area contributed by atoms with Gasteiger partial charge in [0.2, 0.25) is 0 Å². The summed E-state index contributed by atoms with van der Waals surface area (Å²) in [4.78, 5) is 11.4. The molecule has 1 rings (SSSR count). The van der Waals surface area contributed by atoms with Crippen LogP contribution in [0.5, 0.6) is 0 Å². The summed E-state index contributed by atoms with van der Waals surface area (Å²) in [6.45, 7) is 3.94. The van der Waals surface area contributed by atoms with E-state index in [1.807, 2.05) is 0 Å². The molecule has 0 saturated carbocycles. The van der Waals surface area contributed by atoms with Gasteiger partial charge in [-0.15, -0.1) is 0 Å². The molecule has 1 saturated heterocycles. The summed E-state index contributed by atoms with van der Waals surface area (Å²) in [6, 6.07) is 0. The first-order chi connectivity index (χ1) is 8.21. The lowest BCUT2D eigenvalue weighted by atomic mass is 9.75. The summed E-state index contributed by atoms with van der Waals surface area (Å²) < 4.78 is 0. The van der Waals surface area contributed by atoms with Crippen LogP contribution in [0.4, 0.5) is 0 Å². The maximum atomic E-state index is 11.4. The van der Waals surface area contributed by atoms with Gasteiger partial charge in [-0.05, 0) is 32.4 Å². The molecule has 0 aliphatic carbocycles. The van der Waals surface area contributed by atoms with Crippen LogP contribution in [-0.4, -0.2) is 24.2 Å². The van der Waals surface area contributed by atoms with Crippen molar-refractivity contribution in [2.45, 2.75) is 64.7 Å². The lowest BCUT2D eigenvalue weighted by molar-refractivity contribution is -0.151. The maximum absolute atomic E-state index is 11.4. The lowest BCUT2D eigenvalue weighted by Gasteiger charge is -2.33. The maximum Gasteiger partial charge on any atom is 0.309 e. The Bertz CT molecular complexity index is 222. The van der Waals surface area contributed by atoms with E-state index in [2.05, 4.69) is 12.2 Å². The van der Waals surface area contributed by atoms with Gasteiger partial charge in [0.1, 0.15) is 0 Å². The molecule has 100 valence electrons. The fourth-order valence-corrected chi connectivity index (χ4v) is 2.72. The van der Waals surface area contributed by atoms with E-state index in [0.29, 0.717) is 0 Å². The summed E-state index contributed by atoms with van der Waals surface area (Å²) in [5.41, 5.74) is -0.421. The smallest absolute Gasteiger partial charge is 0.309 e. The Morgan fingerprint density at radius 1 is 1.12 bits per heavy atom. The Labute approximate surface area is 105 Å². The molecule has 1 fully saturated rings. The average Bonchev–Trinajstić information content (AvgIpc) is 2.34. The van der Waals surface area contributed by atoms with E-state index in [4.69, 9.17) is 0 Å². The number of carboxylic acids is 1. The molecule has 3 nitrogen and oxygen atoms in total. The molecule has 0 aromatic heterocycles. The van der Waals surface area contributed by atoms with Crippen LogP contribution < -0.4 is 5.32 Å². The minimum absolute atomic E-state index is 0.421. The third-order valence-electron chi connectivity index (χ3n) is 4.02. The van der Waals surface area contributed by atoms with Gasteiger partial charge in [0.05, 0.1) is 5.41 Å². The molecule has 0 atom stereocenters. The van der Waals surface area contributed by atoms with Gasteiger partial charge >= 0.3 is 5.97 Å². The first-order valence-corrected chi connectivity index (χ1v) is 7.15. The Morgan fingerprint density at radius 2 is 1.71 bits per heavy atom. The van der Waals surface area contributed by atoms with Crippen molar-refractivity contribution >= 4 is 5.97 Å². The number of rotatable bonds is 8. The number of aliphatic carboxylic acids is 1.